The van der Waals surface area contributed by atoms with Crippen LogP contribution >= 0.6 is 0 Å². The third-order valence-electron chi connectivity index (χ3n) is 1.94. The largest absolute Gasteiger partial charge is 0.431 e. The quantitative estimate of drug-likeness (QED) is 0.714. The van der Waals surface area contributed by atoms with Crippen molar-refractivity contribution < 1.29 is 13.2 Å². The van der Waals surface area contributed by atoms with Gasteiger partial charge in [0.25, 0.3) is 5.56 Å². The first-order chi connectivity index (χ1) is 8.29. The van der Waals surface area contributed by atoms with Gasteiger partial charge in [-0.3, -0.25) is 13.9 Å². The minimum absolute atomic E-state index is 0.335. The standard InChI is InChI=1S/C9H7F3N2O2.C2H6/c1-3-4-14-6(9(10,11)12)5-7(15)13(2)8(14)16;1-2/h1,5H,4H2,2H3;1-2H3. The summed E-state index contributed by atoms with van der Waals surface area (Å²) >= 11 is 0. The van der Waals surface area contributed by atoms with E-state index in [2.05, 4.69) is 0 Å². The van der Waals surface area contributed by atoms with Crippen molar-refractivity contribution in [2.75, 3.05) is 0 Å². The fourth-order valence-corrected chi connectivity index (χ4v) is 1.15. The molecule has 1 heterocycles. The maximum atomic E-state index is 12.5. The summed E-state index contributed by atoms with van der Waals surface area (Å²) in [4.78, 5) is 22.4. The second kappa shape index (κ2) is 6.10. The van der Waals surface area contributed by atoms with Crippen molar-refractivity contribution in [3.63, 3.8) is 0 Å². The molecule has 0 saturated carbocycles. The molecule has 0 aliphatic heterocycles. The van der Waals surface area contributed by atoms with Gasteiger partial charge in [-0.05, 0) is 0 Å². The third-order valence-corrected chi connectivity index (χ3v) is 1.94. The van der Waals surface area contributed by atoms with E-state index in [0.717, 1.165) is 7.05 Å². The van der Waals surface area contributed by atoms with E-state index in [1.807, 2.05) is 19.8 Å². The molecule has 4 nitrogen and oxygen atoms in total. The van der Waals surface area contributed by atoms with Crippen molar-refractivity contribution in [3.8, 4) is 12.3 Å². The summed E-state index contributed by atoms with van der Waals surface area (Å²) < 4.78 is 38.4. The monoisotopic (exact) mass is 262 g/mol. The zero-order valence-electron chi connectivity index (χ0n) is 10.2. The summed E-state index contributed by atoms with van der Waals surface area (Å²) in [6.07, 6.45) is 0.0770. The summed E-state index contributed by atoms with van der Waals surface area (Å²) in [5.41, 5.74) is -3.44. The molecule has 7 heteroatoms. The summed E-state index contributed by atoms with van der Waals surface area (Å²) in [7, 11) is 1.08. The number of nitrogens with zero attached hydrogens (tertiary/aromatic N) is 2. The van der Waals surface area contributed by atoms with Crippen LogP contribution in [-0.4, -0.2) is 9.13 Å². The summed E-state index contributed by atoms with van der Waals surface area (Å²) in [6, 6.07) is 0.346. The van der Waals surface area contributed by atoms with E-state index in [1.54, 1.807) is 0 Å². The molecule has 0 bridgehead atoms. The molecule has 1 rings (SSSR count). The molecule has 0 aliphatic carbocycles. The molecule has 1 aromatic rings. The molecule has 100 valence electrons. The molecule has 18 heavy (non-hydrogen) atoms. The van der Waals surface area contributed by atoms with Crippen LogP contribution in [0.2, 0.25) is 0 Å². The van der Waals surface area contributed by atoms with E-state index in [0.29, 0.717) is 15.2 Å². The highest BCUT2D eigenvalue weighted by atomic mass is 19.4. The molecule has 1 aromatic heterocycles. The van der Waals surface area contributed by atoms with Crippen molar-refractivity contribution in [3.05, 3.63) is 32.6 Å². The number of terminal acetylenes is 1. The first kappa shape index (κ1) is 16.0. The Hall–Kier alpha value is -1.97. The highest BCUT2D eigenvalue weighted by molar-refractivity contribution is 5.08. The number of rotatable bonds is 1. The minimum atomic E-state index is -4.79. The van der Waals surface area contributed by atoms with Gasteiger partial charge in [0, 0.05) is 13.1 Å². The lowest BCUT2D eigenvalue weighted by molar-refractivity contribution is -0.144. The molecule has 0 unspecified atom stereocenters. The second-order valence-electron chi connectivity index (χ2n) is 3.00. The highest BCUT2D eigenvalue weighted by Crippen LogP contribution is 2.27. The fraction of sp³-hybridized carbons (Fsp3) is 0.455. The van der Waals surface area contributed by atoms with E-state index >= 15 is 0 Å². The number of aromatic nitrogens is 2. The fourth-order valence-electron chi connectivity index (χ4n) is 1.15. The van der Waals surface area contributed by atoms with Gasteiger partial charge in [-0.2, -0.15) is 13.2 Å². The van der Waals surface area contributed by atoms with Crippen molar-refractivity contribution in [1.29, 1.82) is 0 Å². The molecule has 0 aromatic carbocycles. The summed E-state index contributed by atoms with van der Waals surface area (Å²) in [6.45, 7) is 3.46. The Morgan fingerprint density at radius 3 is 2.22 bits per heavy atom. The molecule has 0 spiro atoms. The smallest absolute Gasteiger partial charge is 0.277 e. The Kier molecular flexibility index (Phi) is 5.43. The van der Waals surface area contributed by atoms with E-state index in [1.165, 1.54) is 0 Å². The van der Waals surface area contributed by atoms with Crippen molar-refractivity contribution >= 4 is 0 Å². The Labute approximate surface area is 102 Å². The molecular formula is C11H13F3N2O2. The van der Waals surface area contributed by atoms with Crippen molar-refractivity contribution in [2.45, 2.75) is 26.6 Å². The Morgan fingerprint density at radius 2 is 1.83 bits per heavy atom. The maximum Gasteiger partial charge on any atom is 0.431 e. The second-order valence-corrected chi connectivity index (χ2v) is 3.00. The van der Waals surface area contributed by atoms with Gasteiger partial charge in [-0.25, -0.2) is 4.79 Å². The van der Waals surface area contributed by atoms with Crippen LogP contribution in [0.5, 0.6) is 0 Å². The van der Waals surface area contributed by atoms with E-state index in [-0.39, 0.29) is 0 Å². The average molecular weight is 262 g/mol. The van der Waals surface area contributed by atoms with Crippen molar-refractivity contribution in [2.24, 2.45) is 7.05 Å². The van der Waals surface area contributed by atoms with Crippen LogP contribution in [0.3, 0.4) is 0 Å². The number of hydrogen-bond acceptors (Lipinski definition) is 2. The van der Waals surface area contributed by atoms with E-state index in [4.69, 9.17) is 6.42 Å². The molecule has 0 aliphatic rings. The van der Waals surface area contributed by atoms with E-state index < -0.39 is 29.7 Å². The molecule has 0 atom stereocenters. The maximum absolute atomic E-state index is 12.5. The van der Waals surface area contributed by atoms with Gasteiger partial charge in [0.2, 0.25) is 0 Å². The molecule has 0 N–H and O–H groups in total. The van der Waals surface area contributed by atoms with Crippen LogP contribution in [0.25, 0.3) is 0 Å². The van der Waals surface area contributed by atoms with E-state index in [9.17, 15) is 22.8 Å². The normalized spacial score (nSPS) is 10.3. The predicted molar refractivity (Wildman–Crippen MR) is 61.1 cm³/mol. The van der Waals surface area contributed by atoms with Gasteiger partial charge in [0.05, 0.1) is 6.54 Å². The molecular weight excluding hydrogens is 249 g/mol. The van der Waals surface area contributed by atoms with Gasteiger partial charge in [0.15, 0.2) is 0 Å². The topological polar surface area (TPSA) is 44.0 Å². The summed E-state index contributed by atoms with van der Waals surface area (Å²) in [5.74, 6) is 1.93. The SMILES string of the molecule is C#CCn1c(C(F)(F)F)cc(=O)n(C)c1=O.CC. The van der Waals surface area contributed by atoms with Crippen LogP contribution in [0.4, 0.5) is 13.2 Å². The first-order valence-electron chi connectivity index (χ1n) is 5.10. The van der Waals surface area contributed by atoms with Crippen LogP contribution in [0.15, 0.2) is 15.7 Å². The van der Waals surface area contributed by atoms with Crippen molar-refractivity contribution in [1.82, 2.24) is 9.13 Å². The lowest BCUT2D eigenvalue weighted by Crippen LogP contribution is -2.41. The molecule has 0 radical (unpaired) electrons. The molecule has 0 amide bonds. The van der Waals surface area contributed by atoms with Gasteiger partial charge in [0.1, 0.15) is 5.69 Å². The average Bonchev–Trinajstić information content (AvgIpc) is 2.31. The first-order valence-corrected chi connectivity index (χ1v) is 5.10. The van der Waals surface area contributed by atoms with Gasteiger partial charge in [-0.15, -0.1) is 6.42 Å². The van der Waals surface area contributed by atoms with Crippen LogP contribution in [0, 0.1) is 12.3 Å². The van der Waals surface area contributed by atoms with Crippen LogP contribution in [0.1, 0.15) is 19.5 Å². The Balaban J connectivity index is 0.00000137. The lowest BCUT2D eigenvalue weighted by atomic mass is 10.3. The number of halogens is 3. The molecule has 0 fully saturated rings. The van der Waals surface area contributed by atoms with Gasteiger partial charge >= 0.3 is 11.9 Å². The Bertz CT molecular complexity index is 562. The molecule has 0 saturated heterocycles. The zero-order valence-corrected chi connectivity index (χ0v) is 10.2. The number of alkyl halides is 3. The lowest BCUT2D eigenvalue weighted by Gasteiger charge is -2.13. The van der Waals surface area contributed by atoms with Gasteiger partial charge < -0.3 is 0 Å². The Morgan fingerprint density at radius 1 is 1.33 bits per heavy atom. The van der Waals surface area contributed by atoms with Gasteiger partial charge in [-0.1, -0.05) is 19.8 Å². The predicted octanol–water partition coefficient (Wildman–Crippen LogP) is 1.23. The minimum Gasteiger partial charge on any atom is -0.277 e. The van der Waals surface area contributed by atoms with Crippen LogP contribution in [-0.2, 0) is 19.8 Å². The number of hydrogen-bond donors (Lipinski definition) is 0. The highest BCUT2D eigenvalue weighted by Gasteiger charge is 2.35. The zero-order chi connectivity index (χ0) is 14.5. The van der Waals surface area contributed by atoms with Crippen LogP contribution < -0.4 is 11.2 Å². The third kappa shape index (κ3) is 3.26. The summed E-state index contributed by atoms with van der Waals surface area (Å²) in [5, 5.41) is 0.